The van der Waals surface area contributed by atoms with Crippen molar-refractivity contribution in [1.29, 1.82) is 0 Å². The Balaban J connectivity index is 2.34. The zero-order valence-electron chi connectivity index (χ0n) is 10.8. The zero-order valence-corrected chi connectivity index (χ0v) is 11.6. The lowest BCUT2D eigenvalue weighted by molar-refractivity contribution is 1.33. The molecular formula is C15H17ClN2. The third-order valence-corrected chi connectivity index (χ3v) is 3.46. The minimum absolute atomic E-state index is 0.576. The lowest BCUT2D eigenvalue weighted by Gasteiger charge is -2.12. The van der Waals surface area contributed by atoms with Gasteiger partial charge in [0.15, 0.2) is 0 Å². The lowest BCUT2D eigenvalue weighted by Crippen LogP contribution is -1.96. The topological polar surface area (TPSA) is 38.0 Å². The van der Waals surface area contributed by atoms with Crippen molar-refractivity contribution in [2.24, 2.45) is 0 Å². The van der Waals surface area contributed by atoms with Gasteiger partial charge in [-0.05, 0) is 61.7 Å². The van der Waals surface area contributed by atoms with E-state index in [0.717, 1.165) is 16.9 Å². The summed E-state index contributed by atoms with van der Waals surface area (Å²) in [6.07, 6.45) is 0. The van der Waals surface area contributed by atoms with E-state index in [0.29, 0.717) is 10.7 Å². The normalized spacial score (nSPS) is 10.4. The Hall–Kier alpha value is -1.67. The van der Waals surface area contributed by atoms with Gasteiger partial charge in [0.1, 0.15) is 0 Å². The highest BCUT2D eigenvalue weighted by molar-refractivity contribution is 6.33. The van der Waals surface area contributed by atoms with Crippen molar-refractivity contribution in [3.8, 4) is 0 Å². The number of aryl methyl sites for hydroxylation is 3. The van der Waals surface area contributed by atoms with Crippen LogP contribution in [0.3, 0.4) is 0 Å². The van der Waals surface area contributed by atoms with Crippen LogP contribution in [0.2, 0.25) is 5.02 Å². The number of rotatable bonds is 2. The summed E-state index contributed by atoms with van der Waals surface area (Å²) in [4.78, 5) is 0. The van der Waals surface area contributed by atoms with E-state index in [1.165, 1.54) is 11.1 Å². The molecule has 2 rings (SSSR count). The molecule has 3 N–H and O–H groups in total. The maximum absolute atomic E-state index is 6.04. The molecule has 0 unspecified atom stereocenters. The molecule has 3 heteroatoms. The molecule has 0 aliphatic rings. The quantitative estimate of drug-likeness (QED) is 0.775. The fraction of sp³-hybridized carbons (Fsp3) is 0.200. The molecule has 94 valence electrons. The molecule has 0 aliphatic carbocycles. The summed E-state index contributed by atoms with van der Waals surface area (Å²) in [7, 11) is 0. The van der Waals surface area contributed by atoms with E-state index in [1.54, 1.807) is 0 Å². The van der Waals surface area contributed by atoms with Gasteiger partial charge in [-0.25, -0.2) is 0 Å². The molecule has 0 heterocycles. The van der Waals surface area contributed by atoms with Crippen molar-refractivity contribution >= 4 is 28.7 Å². The summed E-state index contributed by atoms with van der Waals surface area (Å²) in [6, 6.07) is 10.0. The molecule has 0 fully saturated rings. The number of nitrogens with two attached hydrogens (primary N) is 1. The van der Waals surface area contributed by atoms with Crippen LogP contribution in [-0.2, 0) is 0 Å². The maximum Gasteiger partial charge on any atom is 0.0656 e. The molecule has 18 heavy (non-hydrogen) atoms. The number of benzene rings is 2. The van der Waals surface area contributed by atoms with E-state index in [1.807, 2.05) is 19.1 Å². The molecule has 2 aromatic carbocycles. The molecule has 0 atom stereocenters. The fourth-order valence-corrected chi connectivity index (χ4v) is 1.98. The van der Waals surface area contributed by atoms with Crippen LogP contribution in [0.4, 0.5) is 17.1 Å². The van der Waals surface area contributed by atoms with Crippen LogP contribution in [0.25, 0.3) is 0 Å². The summed E-state index contributed by atoms with van der Waals surface area (Å²) in [5.74, 6) is 0. The van der Waals surface area contributed by atoms with E-state index in [2.05, 4.69) is 37.4 Å². The van der Waals surface area contributed by atoms with Gasteiger partial charge in [-0.1, -0.05) is 17.7 Å². The summed E-state index contributed by atoms with van der Waals surface area (Å²) < 4.78 is 0. The highest BCUT2D eigenvalue weighted by Gasteiger charge is 2.04. The lowest BCUT2D eigenvalue weighted by atomic mass is 10.1. The van der Waals surface area contributed by atoms with E-state index in [9.17, 15) is 0 Å². The van der Waals surface area contributed by atoms with E-state index < -0.39 is 0 Å². The number of hydrogen-bond donors (Lipinski definition) is 2. The number of nitrogen functional groups attached to an aromatic ring is 1. The average molecular weight is 261 g/mol. The van der Waals surface area contributed by atoms with Crippen LogP contribution in [0.1, 0.15) is 16.7 Å². The van der Waals surface area contributed by atoms with Crippen LogP contribution >= 0.6 is 11.6 Å². The molecule has 0 spiro atoms. The summed E-state index contributed by atoms with van der Waals surface area (Å²) in [5, 5.41) is 3.94. The van der Waals surface area contributed by atoms with E-state index in [4.69, 9.17) is 17.3 Å². The third kappa shape index (κ3) is 2.59. The predicted octanol–water partition coefficient (Wildman–Crippen LogP) is 4.59. The first kappa shape index (κ1) is 12.8. The predicted molar refractivity (Wildman–Crippen MR) is 79.8 cm³/mol. The largest absolute Gasteiger partial charge is 0.398 e. The van der Waals surface area contributed by atoms with Crippen LogP contribution < -0.4 is 11.1 Å². The van der Waals surface area contributed by atoms with Crippen molar-refractivity contribution in [3.63, 3.8) is 0 Å². The molecule has 2 nitrogen and oxygen atoms in total. The maximum atomic E-state index is 6.04. The van der Waals surface area contributed by atoms with Crippen LogP contribution in [0.15, 0.2) is 30.3 Å². The van der Waals surface area contributed by atoms with Gasteiger partial charge in [-0.3, -0.25) is 0 Å². The van der Waals surface area contributed by atoms with Crippen molar-refractivity contribution in [1.82, 2.24) is 0 Å². The number of halogens is 1. The molecule has 2 aromatic rings. The Labute approximate surface area is 113 Å². The van der Waals surface area contributed by atoms with Crippen molar-refractivity contribution < 1.29 is 0 Å². The van der Waals surface area contributed by atoms with E-state index in [-0.39, 0.29) is 0 Å². The van der Waals surface area contributed by atoms with Crippen molar-refractivity contribution in [3.05, 3.63) is 52.0 Å². The molecule has 0 aromatic heterocycles. The number of hydrogen-bond acceptors (Lipinski definition) is 2. The van der Waals surface area contributed by atoms with Gasteiger partial charge in [0.2, 0.25) is 0 Å². The standard InChI is InChI=1S/C15H17ClN2/c1-9-4-5-12(6-10(9)2)18-15-8-13(16)14(17)7-11(15)3/h4-8,18H,17H2,1-3H3. The minimum atomic E-state index is 0.576. The Morgan fingerprint density at radius 2 is 1.67 bits per heavy atom. The van der Waals surface area contributed by atoms with Gasteiger partial charge in [-0.15, -0.1) is 0 Å². The Morgan fingerprint density at radius 3 is 2.33 bits per heavy atom. The smallest absolute Gasteiger partial charge is 0.0656 e. The van der Waals surface area contributed by atoms with Crippen molar-refractivity contribution in [2.75, 3.05) is 11.1 Å². The Morgan fingerprint density at radius 1 is 0.944 bits per heavy atom. The van der Waals surface area contributed by atoms with Gasteiger partial charge < -0.3 is 11.1 Å². The average Bonchev–Trinajstić information content (AvgIpc) is 2.31. The SMILES string of the molecule is Cc1ccc(Nc2cc(Cl)c(N)cc2C)cc1C. The summed E-state index contributed by atoms with van der Waals surface area (Å²) in [6.45, 7) is 6.21. The van der Waals surface area contributed by atoms with Gasteiger partial charge in [0, 0.05) is 11.4 Å². The first-order valence-electron chi connectivity index (χ1n) is 5.87. The molecular weight excluding hydrogens is 244 g/mol. The summed E-state index contributed by atoms with van der Waals surface area (Å²) in [5.41, 5.74) is 12.0. The number of anilines is 3. The van der Waals surface area contributed by atoms with Crippen LogP contribution in [-0.4, -0.2) is 0 Å². The van der Waals surface area contributed by atoms with Gasteiger partial charge in [-0.2, -0.15) is 0 Å². The first-order chi connectivity index (χ1) is 8.47. The van der Waals surface area contributed by atoms with Gasteiger partial charge in [0.25, 0.3) is 0 Å². The first-order valence-corrected chi connectivity index (χ1v) is 6.25. The van der Waals surface area contributed by atoms with Crippen LogP contribution in [0.5, 0.6) is 0 Å². The number of nitrogens with one attached hydrogen (secondary N) is 1. The van der Waals surface area contributed by atoms with Gasteiger partial charge in [0.05, 0.1) is 10.7 Å². The Kier molecular flexibility index (Phi) is 3.48. The highest BCUT2D eigenvalue weighted by Crippen LogP contribution is 2.29. The van der Waals surface area contributed by atoms with E-state index >= 15 is 0 Å². The van der Waals surface area contributed by atoms with Crippen molar-refractivity contribution in [2.45, 2.75) is 20.8 Å². The molecule has 0 bridgehead atoms. The zero-order chi connectivity index (χ0) is 13.3. The highest BCUT2D eigenvalue weighted by atomic mass is 35.5. The van der Waals surface area contributed by atoms with Gasteiger partial charge >= 0.3 is 0 Å². The molecule has 0 amide bonds. The third-order valence-electron chi connectivity index (χ3n) is 3.13. The molecule has 0 radical (unpaired) electrons. The minimum Gasteiger partial charge on any atom is -0.398 e. The molecule has 0 saturated heterocycles. The second-order valence-electron chi connectivity index (χ2n) is 4.61. The van der Waals surface area contributed by atoms with Crippen LogP contribution in [0, 0.1) is 20.8 Å². The Bertz CT molecular complexity index is 591. The fourth-order valence-electron chi connectivity index (χ4n) is 1.81. The second-order valence-corrected chi connectivity index (χ2v) is 5.02. The molecule has 0 aliphatic heterocycles. The monoisotopic (exact) mass is 260 g/mol. The molecule has 0 saturated carbocycles. The second kappa shape index (κ2) is 4.91. The summed E-state index contributed by atoms with van der Waals surface area (Å²) >= 11 is 6.04.